The summed E-state index contributed by atoms with van der Waals surface area (Å²) in [6.45, 7) is 4.86. The molecule has 176 valence electrons. The number of hydrogen-bond donors (Lipinski definition) is 1. The molecule has 0 spiro atoms. The molecule has 2 amide bonds. The Hall–Kier alpha value is -3.39. The summed E-state index contributed by atoms with van der Waals surface area (Å²) in [5.41, 5.74) is 3.60. The lowest BCUT2D eigenvalue weighted by atomic mass is 10.1. The van der Waals surface area contributed by atoms with Gasteiger partial charge in [0, 0.05) is 36.6 Å². The summed E-state index contributed by atoms with van der Waals surface area (Å²) in [5.74, 6) is 0.586. The highest BCUT2D eigenvalue weighted by atomic mass is 32.1. The van der Waals surface area contributed by atoms with Crippen molar-refractivity contribution in [1.29, 1.82) is 0 Å². The first-order valence-electron chi connectivity index (χ1n) is 11.6. The molecule has 5 rings (SSSR count). The van der Waals surface area contributed by atoms with Gasteiger partial charge in [-0.1, -0.05) is 29.8 Å². The number of aromatic nitrogens is 1. The molecule has 1 N–H and O–H groups in total. The molecule has 8 heteroatoms. The van der Waals surface area contributed by atoms with Crippen molar-refractivity contribution in [2.24, 2.45) is 0 Å². The van der Waals surface area contributed by atoms with Crippen LogP contribution in [0.4, 0.5) is 10.8 Å². The number of carbonyl (C=O) groups is 2. The maximum Gasteiger partial charge on any atom is 0.257 e. The van der Waals surface area contributed by atoms with Crippen molar-refractivity contribution >= 4 is 34.0 Å². The van der Waals surface area contributed by atoms with Crippen molar-refractivity contribution in [3.63, 3.8) is 0 Å². The van der Waals surface area contributed by atoms with Gasteiger partial charge in [-0.05, 0) is 44.0 Å². The molecule has 7 nitrogen and oxygen atoms in total. The van der Waals surface area contributed by atoms with Crippen molar-refractivity contribution in [3.8, 4) is 5.75 Å². The molecule has 1 atom stereocenters. The van der Waals surface area contributed by atoms with E-state index in [1.165, 1.54) is 11.3 Å². The Morgan fingerprint density at radius 2 is 1.79 bits per heavy atom. The number of thiazole rings is 1. The van der Waals surface area contributed by atoms with Crippen molar-refractivity contribution in [2.75, 3.05) is 43.5 Å². The quantitative estimate of drug-likeness (QED) is 0.600. The Bertz CT molecular complexity index is 1200. The predicted molar refractivity (Wildman–Crippen MR) is 134 cm³/mol. The zero-order chi connectivity index (χ0) is 23.7. The summed E-state index contributed by atoms with van der Waals surface area (Å²) in [5, 5.41) is 3.47. The van der Waals surface area contributed by atoms with E-state index in [4.69, 9.17) is 4.74 Å². The Morgan fingerprint density at radius 3 is 2.53 bits per heavy atom. The van der Waals surface area contributed by atoms with Gasteiger partial charge in [-0.15, -0.1) is 11.3 Å². The normalized spacial score (nSPS) is 17.4. The number of nitrogens with zero attached hydrogens (tertiary/aromatic N) is 3. The van der Waals surface area contributed by atoms with E-state index in [9.17, 15) is 9.59 Å². The fourth-order valence-electron chi connectivity index (χ4n) is 4.67. The lowest BCUT2D eigenvalue weighted by Crippen LogP contribution is -2.50. The summed E-state index contributed by atoms with van der Waals surface area (Å²) in [7, 11) is 1.68. The highest BCUT2D eigenvalue weighted by Gasteiger charge is 2.36. The van der Waals surface area contributed by atoms with E-state index in [2.05, 4.69) is 21.3 Å². The minimum Gasteiger partial charge on any atom is -0.495 e. The van der Waals surface area contributed by atoms with Gasteiger partial charge >= 0.3 is 0 Å². The molecule has 0 radical (unpaired) electrons. The summed E-state index contributed by atoms with van der Waals surface area (Å²) in [6, 6.07) is 15.4. The van der Waals surface area contributed by atoms with E-state index in [0.29, 0.717) is 23.8 Å². The highest BCUT2D eigenvalue weighted by Crippen LogP contribution is 2.39. The van der Waals surface area contributed by atoms with Crippen LogP contribution in [0.2, 0.25) is 0 Å². The first-order valence-corrected chi connectivity index (χ1v) is 12.4. The van der Waals surface area contributed by atoms with Gasteiger partial charge in [-0.2, -0.15) is 0 Å². The molecular formula is C26H28N4O3S. The molecule has 1 saturated heterocycles. The third-order valence-corrected chi connectivity index (χ3v) is 7.61. The summed E-state index contributed by atoms with van der Waals surface area (Å²) >= 11 is 1.48. The van der Waals surface area contributed by atoms with Crippen LogP contribution in [0, 0.1) is 6.92 Å². The molecule has 1 aliphatic heterocycles. The minimum absolute atomic E-state index is 0.139. The standard InChI is InChI=1S/C26H28N4O3S/c1-17-7-9-18(10-8-17)24(31)28-26-27-23-19(11-12-22(23)34-26)25(32)30-15-13-29(14-16-30)20-5-3-4-6-21(20)33-2/h3-10,19H,11-16H2,1-2H3,(H,27,28,31). The van der Waals surface area contributed by atoms with E-state index in [1.807, 2.05) is 54.3 Å². The van der Waals surface area contributed by atoms with Crippen LogP contribution >= 0.6 is 11.3 Å². The van der Waals surface area contributed by atoms with Crippen LogP contribution < -0.4 is 15.0 Å². The number of carbonyl (C=O) groups excluding carboxylic acids is 2. The van der Waals surface area contributed by atoms with Crippen molar-refractivity contribution in [3.05, 3.63) is 70.2 Å². The molecule has 0 bridgehead atoms. The number of para-hydroxylation sites is 2. The number of ether oxygens (including phenoxy) is 1. The number of aryl methyl sites for hydroxylation is 2. The smallest absolute Gasteiger partial charge is 0.257 e. The molecule has 0 saturated carbocycles. The van der Waals surface area contributed by atoms with Crippen molar-refractivity contribution in [1.82, 2.24) is 9.88 Å². The van der Waals surface area contributed by atoms with Gasteiger partial charge in [-0.25, -0.2) is 4.98 Å². The SMILES string of the molecule is COc1ccccc1N1CCN(C(=O)C2CCc3sc(NC(=O)c4ccc(C)cc4)nc32)CC1. The largest absolute Gasteiger partial charge is 0.495 e. The monoisotopic (exact) mass is 476 g/mol. The number of anilines is 2. The molecule has 1 aliphatic carbocycles. The third-order valence-electron chi connectivity index (χ3n) is 6.57. The average Bonchev–Trinajstić information content (AvgIpc) is 3.44. The molecule has 3 aromatic rings. The first-order chi connectivity index (χ1) is 16.5. The van der Waals surface area contributed by atoms with E-state index in [-0.39, 0.29) is 17.7 Å². The Morgan fingerprint density at radius 1 is 1.06 bits per heavy atom. The Kier molecular flexibility index (Phi) is 6.24. The molecule has 1 aromatic heterocycles. The predicted octanol–water partition coefficient (Wildman–Crippen LogP) is 4.09. The van der Waals surface area contributed by atoms with Gasteiger partial charge in [0.2, 0.25) is 5.91 Å². The molecule has 2 aliphatic rings. The van der Waals surface area contributed by atoms with Crippen LogP contribution in [0.15, 0.2) is 48.5 Å². The fourth-order valence-corrected chi connectivity index (χ4v) is 5.71. The second-order valence-corrected chi connectivity index (χ2v) is 9.81. The molecule has 1 fully saturated rings. The number of amides is 2. The molecule has 2 aromatic carbocycles. The zero-order valence-electron chi connectivity index (χ0n) is 19.4. The number of fused-ring (bicyclic) bond motifs is 1. The van der Waals surface area contributed by atoms with Gasteiger partial charge in [0.15, 0.2) is 5.13 Å². The number of hydrogen-bond acceptors (Lipinski definition) is 6. The van der Waals surface area contributed by atoms with Gasteiger partial charge in [0.05, 0.1) is 24.4 Å². The van der Waals surface area contributed by atoms with Gasteiger partial charge in [0.25, 0.3) is 5.91 Å². The van der Waals surface area contributed by atoms with Gasteiger partial charge < -0.3 is 14.5 Å². The lowest BCUT2D eigenvalue weighted by Gasteiger charge is -2.37. The summed E-state index contributed by atoms with van der Waals surface area (Å²) in [4.78, 5) is 35.9. The minimum atomic E-state index is -0.228. The highest BCUT2D eigenvalue weighted by molar-refractivity contribution is 7.16. The summed E-state index contributed by atoms with van der Waals surface area (Å²) < 4.78 is 5.50. The van der Waals surface area contributed by atoms with Crippen molar-refractivity contribution in [2.45, 2.75) is 25.7 Å². The molecule has 34 heavy (non-hydrogen) atoms. The van der Waals surface area contributed by atoms with Crippen LogP contribution in [0.3, 0.4) is 0 Å². The molecule has 1 unspecified atom stereocenters. The van der Waals surface area contributed by atoms with Crippen LogP contribution in [0.25, 0.3) is 0 Å². The number of benzene rings is 2. The second-order valence-electron chi connectivity index (χ2n) is 8.72. The van der Waals surface area contributed by atoms with E-state index < -0.39 is 0 Å². The van der Waals surface area contributed by atoms with E-state index >= 15 is 0 Å². The topological polar surface area (TPSA) is 74.8 Å². The van der Waals surface area contributed by atoms with E-state index in [1.54, 1.807) is 7.11 Å². The van der Waals surface area contributed by atoms with Crippen LogP contribution in [-0.2, 0) is 11.2 Å². The Labute approximate surface area is 203 Å². The summed E-state index contributed by atoms with van der Waals surface area (Å²) in [6.07, 6.45) is 1.61. The van der Waals surface area contributed by atoms with E-state index in [0.717, 1.165) is 53.5 Å². The second kappa shape index (κ2) is 9.46. The number of methoxy groups -OCH3 is 1. The number of piperazine rings is 1. The first kappa shape index (κ1) is 22.4. The average molecular weight is 477 g/mol. The molecular weight excluding hydrogens is 448 g/mol. The maximum absolute atomic E-state index is 13.4. The van der Waals surface area contributed by atoms with Crippen molar-refractivity contribution < 1.29 is 14.3 Å². The molecule has 2 heterocycles. The zero-order valence-corrected chi connectivity index (χ0v) is 20.2. The van der Waals surface area contributed by atoms with Gasteiger partial charge in [-0.3, -0.25) is 14.9 Å². The number of nitrogens with one attached hydrogen (secondary N) is 1. The fraction of sp³-hybridized carbons (Fsp3) is 0.346. The maximum atomic E-state index is 13.4. The van der Waals surface area contributed by atoms with Crippen LogP contribution in [-0.4, -0.2) is 55.0 Å². The van der Waals surface area contributed by atoms with Gasteiger partial charge in [0.1, 0.15) is 5.75 Å². The lowest BCUT2D eigenvalue weighted by molar-refractivity contribution is -0.133. The number of rotatable bonds is 5. The third kappa shape index (κ3) is 4.37. The van der Waals surface area contributed by atoms with Crippen LogP contribution in [0.1, 0.15) is 38.8 Å². The Balaban J connectivity index is 1.23. The van der Waals surface area contributed by atoms with Crippen LogP contribution in [0.5, 0.6) is 5.75 Å².